The minimum atomic E-state index is -0.476. The molecular weight excluding hydrogens is 196 g/mol. The van der Waals surface area contributed by atoms with Crippen molar-refractivity contribution in [3.8, 4) is 0 Å². The fourth-order valence-corrected chi connectivity index (χ4v) is 0.753. The first-order valence-electron chi connectivity index (χ1n) is 5.06. The Morgan fingerprint density at radius 1 is 1.20 bits per heavy atom. The van der Waals surface area contributed by atoms with Crippen LogP contribution in [0.1, 0.15) is 33.1 Å². The van der Waals surface area contributed by atoms with E-state index in [1.165, 1.54) is 0 Å². The van der Waals surface area contributed by atoms with Crippen molar-refractivity contribution in [2.75, 3.05) is 13.2 Å². The largest absolute Gasteiger partial charge is 0.466 e. The summed E-state index contributed by atoms with van der Waals surface area (Å²) in [5.74, 6) is -0.811. The van der Waals surface area contributed by atoms with Gasteiger partial charge in [0.15, 0.2) is 0 Å². The van der Waals surface area contributed by atoms with Gasteiger partial charge in [0.1, 0.15) is 6.61 Å². The molecule has 0 heterocycles. The molecule has 0 unspecified atom stereocenters. The summed E-state index contributed by atoms with van der Waals surface area (Å²) in [6.07, 6.45) is 1.94. The molecule has 0 fully saturated rings. The van der Waals surface area contributed by atoms with E-state index in [-0.39, 0.29) is 19.0 Å². The Morgan fingerprint density at radius 2 is 1.87 bits per heavy atom. The van der Waals surface area contributed by atoms with Gasteiger partial charge in [0.25, 0.3) is 0 Å². The molecule has 0 radical (unpaired) electrons. The van der Waals surface area contributed by atoms with Gasteiger partial charge >= 0.3 is 11.9 Å². The van der Waals surface area contributed by atoms with Gasteiger partial charge in [0.05, 0.1) is 13.0 Å². The molecule has 0 saturated carbocycles. The lowest BCUT2D eigenvalue weighted by Gasteiger charge is -2.05. The SMILES string of the molecule is C=C(C)C(=O)OCCC(=O)OCCCC. The summed E-state index contributed by atoms with van der Waals surface area (Å²) in [5, 5.41) is 0. The molecule has 0 atom stereocenters. The maximum atomic E-state index is 11.0. The number of esters is 2. The van der Waals surface area contributed by atoms with Crippen molar-refractivity contribution in [3.05, 3.63) is 12.2 Å². The van der Waals surface area contributed by atoms with Crippen LogP contribution in [0.25, 0.3) is 0 Å². The van der Waals surface area contributed by atoms with E-state index in [1.807, 2.05) is 6.92 Å². The number of rotatable bonds is 7. The van der Waals surface area contributed by atoms with Crippen LogP contribution in [-0.2, 0) is 19.1 Å². The predicted octanol–water partition coefficient (Wildman–Crippen LogP) is 1.84. The monoisotopic (exact) mass is 214 g/mol. The second kappa shape index (κ2) is 8.03. The molecule has 0 bridgehead atoms. The zero-order valence-electron chi connectivity index (χ0n) is 9.38. The highest BCUT2D eigenvalue weighted by molar-refractivity contribution is 5.87. The highest BCUT2D eigenvalue weighted by Gasteiger charge is 2.06. The lowest BCUT2D eigenvalue weighted by Crippen LogP contribution is -2.12. The van der Waals surface area contributed by atoms with E-state index in [2.05, 4.69) is 6.58 Å². The average Bonchev–Trinajstić information content (AvgIpc) is 2.18. The van der Waals surface area contributed by atoms with Crippen LogP contribution >= 0.6 is 0 Å². The fourth-order valence-electron chi connectivity index (χ4n) is 0.753. The molecule has 0 spiro atoms. The molecule has 0 saturated heterocycles. The number of carbonyl (C=O) groups excluding carboxylic acids is 2. The van der Waals surface area contributed by atoms with Gasteiger partial charge in [-0.25, -0.2) is 4.79 Å². The maximum absolute atomic E-state index is 11.0. The third-order valence-corrected chi connectivity index (χ3v) is 1.65. The highest BCUT2D eigenvalue weighted by Crippen LogP contribution is 1.96. The number of carbonyl (C=O) groups is 2. The zero-order valence-corrected chi connectivity index (χ0v) is 9.38. The molecule has 86 valence electrons. The molecular formula is C11H18O4. The number of hydrogen-bond acceptors (Lipinski definition) is 4. The molecule has 15 heavy (non-hydrogen) atoms. The highest BCUT2D eigenvalue weighted by atomic mass is 16.5. The van der Waals surface area contributed by atoms with Gasteiger partial charge in [0.2, 0.25) is 0 Å². The first-order valence-corrected chi connectivity index (χ1v) is 5.06. The van der Waals surface area contributed by atoms with Crippen LogP contribution in [0.3, 0.4) is 0 Å². The van der Waals surface area contributed by atoms with Gasteiger partial charge in [-0.3, -0.25) is 4.79 Å². The fraction of sp³-hybridized carbons (Fsp3) is 0.636. The predicted molar refractivity (Wildman–Crippen MR) is 56.3 cm³/mol. The molecule has 4 nitrogen and oxygen atoms in total. The van der Waals surface area contributed by atoms with Gasteiger partial charge < -0.3 is 9.47 Å². The van der Waals surface area contributed by atoms with Crippen molar-refractivity contribution in [1.82, 2.24) is 0 Å². The molecule has 0 aromatic heterocycles. The molecule has 0 aliphatic rings. The summed E-state index contributed by atoms with van der Waals surface area (Å²) in [5.41, 5.74) is 0.328. The first-order chi connectivity index (χ1) is 7.07. The molecule has 0 aromatic carbocycles. The lowest BCUT2D eigenvalue weighted by atomic mass is 10.3. The van der Waals surface area contributed by atoms with Crippen LogP contribution in [0.4, 0.5) is 0 Å². The van der Waals surface area contributed by atoms with E-state index >= 15 is 0 Å². The lowest BCUT2D eigenvalue weighted by molar-refractivity contribution is -0.147. The number of ether oxygens (including phenoxy) is 2. The Morgan fingerprint density at radius 3 is 2.40 bits per heavy atom. The molecule has 0 rings (SSSR count). The van der Waals surface area contributed by atoms with Gasteiger partial charge in [-0.05, 0) is 13.3 Å². The molecule has 0 aliphatic carbocycles. The molecule has 0 N–H and O–H groups in total. The topological polar surface area (TPSA) is 52.6 Å². The quantitative estimate of drug-likeness (QED) is 0.368. The summed E-state index contributed by atoms with van der Waals surface area (Å²) in [6, 6.07) is 0. The molecule has 4 heteroatoms. The van der Waals surface area contributed by atoms with E-state index < -0.39 is 5.97 Å². The Labute approximate surface area is 90.2 Å². The van der Waals surface area contributed by atoms with E-state index in [4.69, 9.17) is 9.47 Å². The minimum absolute atomic E-state index is 0.0522. The third kappa shape index (κ3) is 7.73. The van der Waals surface area contributed by atoms with Gasteiger partial charge in [0, 0.05) is 5.57 Å². The van der Waals surface area contributed by atoms with E-state index in [1.54, 1.807) is 6.92 Å². The van der Waals surface area contributed by atoms with Crippen molar-refractivity contribution in [3.63, 3.8) is 0 Å². The summed E-state index contributed by atoms with van der Waals surface area (Å²) < 4.78 is 9.61. The van der Waals surface area contributed by atoms with Crippen molar-refractivity contribution in [1.29, 1.82) is 0 Å². The van der Waals surface area contributed by atoms with Crippen molar-refractivity contribution in [2.24, 2.45) is 0 Å². The summed E-state index contributed by atoms with van der Waals surface area (Å²) >= 11 is 0. The maximum Gasteiger partial charge on any atom is 0.333 e. The second-order valence-electron chi connectivity index (χ2n) is 3.24. The molecule has 0 aliphatic heterocycles. The Bertz CT molecular complexity index is 233. The standard InChI is InChI=1S/C11H18O4/c1-4-5-7-14-10(12)6-8-15-11(13)9(2)3/h2,4-8H2,1,3H3. The minimum Gasteiger partial charge on any atom is -0.466 e. The van der Waals surface area contributed by atoms with E-state index in [0.717, 1.165) is 12.8 Å². The molecule has 0 amide bonds. The van der Waals surface area contributed by atoms with Crippen LogP contribution in [0.15, 0.2) is 12.2 Å². The van der Waals surface area contributed by atoms with Crippen LogP contribution in [0.2, 0.25) is 0 Å². The van der Waals surface area contributed by atoms with Crippen LogP contribution in [-0.4, -0.2) is 25.2 Å². The Balaban J connectivity index is 3.47. The van der Waals surface area contributed by atoms with Crippen molar-refractivity contribution >= 4 is 11.9 Å². The van der Waals surface area contributed by atoms with Crippen LogP contribution in [0.5, 0.6) is 0 Å². The summed E-state index contributed by atoms with van der Waals surface area (Å²) in [7, 11) is 0. The average molecular weight is 214 g/mol. The van der Waals surface area contributed by atoms with E-state index in [0.29, 0.717) is 12.2 Å². The summed E-state index contributed by atoms with van der Waals surface area (Å²) in [4.78, 5) is 21.9. The normalized spacial score (nSPS) is 9.47. The first kappa shape index (κ1) is 13.7. The van der Waals surface area contributed by atoms with Gasteiger partial charge in [-0.15, -0.1) is 0 Å². The zero-order chi connectivity index (χ0) is 11.7. The molecule has 0 aromatic rings. The van der Waals surface area contributed by atoms with Crippen LogP contribution < -0.4 is 0 Å². The number of unbranched alkanes of at least 4 members (excludes halogenated alkanes) is 1. The smallest absolute Gasteiger partial charge is 0.333 e. The summed E-state index contributed by atoms with van der Waals surface area (Å²) in [6.45, 7) is 7.48. The Kier molecular flexibility index (Phi) is 7.32. The van der Waals surface area contributed by atoms with Crippen molar-refractivity contribution in [2.45, 2.75) is 33.1 Å². The Hall–Kier alpha value is -1.32. The third-order valence-electron chi connectivity index (χ3n) is 1.65. The van der Waals surface area contributed by atoms with Crippen LogP contribution in [0, 0.1) is 0 Å². The van der Waals surface area contributed by atoms with Crippen molar-refractivity contribution < 1.29 is 19.1 Å². The van der Waals surface area contributed by atoms with Gasteiger partial charge in [-0.1, -0.05) is 19.9 Å². The van der Waals surface area contributed by atoms with Gasteiger partial charge in [-0.2, -0.15) is 0 Å². The number of hydrogen-bond donors (Lipinski definition) is 0. The second-order valence-corrected chi connectivity index (χ2v) is 3.24. The van der Waals surface area contributed by atoms with E-state index in [9.17, 15) is 9.59 Å².